The Kier molecular flexibility index (Phi) is 5.70. The first-order valence-electron chi connectivity index (χ1n) is 8.38. The number of nitrogens with zero attached hydrogens (tertiary/aromatic N) is 4. The number of nitro groups is 1. The van der Waals surface area contributed by atoms with Crippen LogP contribution in [0.2, 0.25) is 0 Å². The van der Waals surface area contributed by atoms with Gasteiger partial charge in [-0.1, -0.05) is 18.2 Å². The van der Waals surface area contributed by atoms with Gasteiger partial charge in [0, 0.05) is 63.8 Å². The van der Waals surface area contributed by atoms with Crippen molar-refractivity contribution in [1.82, 2.24) is 14.8 Å². The predicted molar refractivity (Wildman–Crippen MR) is 94.0 cm³/mol. The van der Waals surface area contributed by atoms with Crippen LogP contribution in [0.4, 0.5) is 5.69 Å². The van der Waals surface area contributed by atoms with E-state index < -0.39 is 11.0 Å². The normalized spacial score (nSPS) is 17.3. The second-order valence-corrected chi connectivity index (χ2v) is 6.31. The van der Waals surface area contributed by atoms with Gasteiger partial charge < -0.3 is 5.11 Å². The molecule has 1 saturated heterocycles. The molecule has 0 unspecified atom stereocenters. The van der Waals surface area contributed by atoms with Crippen molar-refractivity contribution < 1.29 is 10.0 Å². The molecule has 0 amide bonds. The predicted octanol–water partition coefficient (Wildman–Crippen LogP) is 1.84. The highest BCUT2D eigenvalue weighted by atomic mass is 16.6. The van der Waals surface area contributed by atoms with Gasteiger partial charge in [0.25, 0.3) is 5.69 Å². The lowest BCUT2D eigenvalue weighted by Gasteiger charge is -2.35. The number of aliphatic hydroxyl groups is 1. The lowest BCUT2D eigenvalue weighted by atomic mass is 10.1. The molecule has 3 rings (SSSR count). The van der Waals surface area contributed by atoms with Crippen LogP contribution in [0.1, 0.15) is 17.2 Å². The summed E-state index contributed by atoms with van der Waals surface area (Å²) in [5, 5.41) is 21.2. The van der Waals surface area contributed by atoms with Crippen molar-refractivity contribution >= 4 is 5.69 Å². The van der Waals surface area contributed by atoms with E-state index >= 15 is 0 Å². The molecule has 0 radical (unpaired) electrons. The molecule has 0 spiro atoms. The van der Waals surface area contributed by atoms with E-state index in [2.05, 4.69) is 20.9 Å². The van der Waals surface area contributed by atoms with E-state index in [9.17, 15) is 15.2 Å². The van der Waals surface area contributed by atoms with E-state index in [1.54, 1.807) is 18.3 Å². The van der Waals surface area contributed by atoms with Gasteiger partial charge in [0.15, 0.2) is 0 Å². The minimum absolute atomic E-state index is 0.0119. The minimum atomic E-state index is -0.718. The molecule has 132 valence electrons. The van der Waals surface area contributed by atoms with Gasteiger partial charge >= 0.3 is 0 Å². The maximum Gasteiger partial charge on any atom is 0.269 e. The first kappa shape index (κ1) is 17.5. The van der Waals surface area contributed by atoms with Crippen LogP contribution in [-0.4, -0.2) is 57.5 Å². The van der Waals surface area contributed by atoms with Gasteiger partial charge in [-0.3, -0.25) is 24.9 Å². The third-order valence-electron chi connectivity index (χ3n) is 4.49. The van der Waals surface area contributed by atoms with Gasteiger partial charge in [0.1, 0.15) is 0 Å². The van der Waals surface area contributed by atoms with Gasteiger partial charge in [0.2, 0.25) is 0 Å². The van der Waals surface area contributed by atoms with Crippen LogP contribution in [0.5, 0.6) is 0 Å². The van der Waals surface area contributed by atoms with Crippen LogP contribution in [0.15, 0.2) is 48.8 Å². The molecule has 1 atom stereocenters. The summed E-state index contributed by atoms with van der Waals surface area (Å²) in [6.45, 7) is 4.96. The average Bonchev–Trinajstić information content (AvgIpc) is 2.64. The molecule has 1 aliphatic rings. The molecule has 7 nitrogen and oxygen atoms in total. The topological polar surface area (TPSA) is 82.7 Å². The first-order chi connectivity index (χ1) is 12.1. The smallest absolute Gasteiger partial charge is 0.269 e. The van der Waals surface area contributed by atoms with Crippen molar-refractivity contribution in [2.24, 2.45) is 0 Å². The van der Waals surface area contributed by atoms with Gasteiger partial charge in [-0.15, -0.1) is 0 Å². The molecular formula is C18H22N4O3. The van der Waals surface area contributed by atoms with Crippen LogP contribution in [-0.2, 0) is 6.54 Å². The minimum Gasteiger partial charge on any atom is -0.387 e. The van der Waals surface area contributed by atoms with Crippen molar-refractivity contribution in [3.63, 3.8) is 0 Å². The van der Waals surface area contributed by atoms with Crippen molar-refractivity contribution in [2.75, 3.05) is 32.7 Å². The van der Waals surface area contributed by atoms with E-state index in [0.717, 1.165) is 32.7 Å². The van der Waals surface area contributed by atoms with Crippen LogP contribution in [0, 0.1) is 10.1 Å². The summed E-state index contributed by atoms with van der Waals surface area (Å²) < 4.78 is 0. The number of hydrogen-bond acceptors (Lipinski definition) is 6. The molecule has 2 heterocycles. The molecule has 0 bridgehead atoms. The van der Waals surface area contributed by atoms with Crippen molar-refractivity contribution in [2.45, 2.75) is 12.6 Å². The SMILES string of the molecule is O=[N+]([O-])c1cccc([C@H](O)CN2CCN(Cc3cccnc3)CC2)c1. The number of nitro benzene ring substituents is 1. The molecule has 1 aliphatic heterocycles. The quantitative estimate of drug-likeness (QED) is 0.637. The third kappa shape index (κ3) is 4.82. The molecule has 0 saturated carbocycles. The molecule has 1 aromatic heterocycles. The second kappa shape index (κ2) is 8.15. The summed E-state index contributed by atoms with van der Waals surface area (Å²) in [5.74, 6) is 0. The highest BCUT2D eigenvalue weighted by Gasteiger charge is 2.21. The van der Waals surface area contributed by atoms with E-state index in [4.69, 9.17) is 0 Å². The molecular weight excluding hydrogens is 320 g/mol. The summed E-state index contributed by atoms with van der Waals surface area (Å²) in [4.78, 5) is 19.1. The van der Waals surface area contributed by atoms with Gasteiger partial charge in [-0.25, -0.2) is 0 Å². The van der Waals surface area contributed by atoms with Crippen molar-refractivity contribution in [3.8, 4) is 0 Å². The summed E-state index contributed by atoms with van der Waals surface area (Å²) in [5.41, 5.74) is 1.80. The lowest BCUT2D eigenvalue weighted by Crippen LogP contribution is -2.47. The Hall–Kier alpha value is -2.35. The Morgan fingerprint density at radius 3 is 2.60 bits per heavy atom. The summed E-state index contributed by atoms with van der Waals surface area (Å²) in [7, 11) is 0. The Morgan fingerprint density at radius 1 is 1.16 bits per heavy atom. The fraction of sp³-hybridized carbons (Fsp3) is 0.389. The fourth-order valence-corrected chi connectivity index (χ4v) is 3.08. The number of non-ortho nitro benzene ring substituents is 1. The number of β-amino-alcohol motifs (C(OH)–C–C–N with tert-alkyl or cyclic N) is 1. The molecule has 1 N–H and O–H groups in total. The van der Waals surface area contributed by atoms with Crippen LogP contribution in [0.25, 0.3) is 0 Å². The Morgan fingerprint density at radius 2 is 1.92 bits per heavy atom. The molecule has 2 aromatic rings. The Balaban J connectivity index is 1.50. The molecule has 0 aliphatic carbocycles. The second-order valence-electron chi connectivity index (χ2n) is 6.31. The summed E-state index contributed by atoms with van der Waals surface area (Å²) in [6, 6.07) is 10.3. The standard InChI is InChI=1S/C18H22N4O3/c23-18(16-4-1-5-17(11-16)22(24)25)14-21-9-7-20(8-10-21)13-15-3-2-6-19-12-15/h1-6,11-12,18,23H,7-10,13-14H2/t18-/m1/s1. The van der Waals surface area contributed by atoms with E-state index in [0.29, 0.717) is 12.1 Å². The first-order valence-corrected chi connectivity index (χ1v) is 8.38. The molecule has 1 aromatic carbocycles. The van der Waals surface area contributed by atoms with Crippen molar-refractivity contribution in [3.05, 3.63) is 70.0 Å². The van der Waals surface area contributed by atoms with Gasteiger partial charge in [-0.2, -0.15) is 0 Å². The zero-order chi connectivity index (χ0) is 17.6. The zero-order valence-corrected chi connectivity index (χ0v) is 14.0. The largest absolute Gasteiger partial charge is 0.387 e. The lowest BCUT2D eigenvalue weighted by molar-refractivity contribution is -0.385. The van der Waals surface area contributed by atoms with Gasteiger partial charge in [0.05, 0.1) is 11.0 Å². The van der Waals surface area contributed by atoms with Crippen molar-refractivity contribution in [1.29, 1.82) is 0 Å². The Bertz CT molecular complexity index is 702. The number of piperazine rings is 1. The number of pyridine rings is 1. The highest BCUT2D eigenvalue weighted by molar-refractivity contribution is 5.35. The highest BCUT2D eigenvalue weighted by Crippen LogP contribution is 2.20. The number of rotatable bonds is 6. The number of benzene rings is 1. The zero-order valence-electron chi connectivity index (χ0n) is 14.0. The van der Waals surface area contributed by atoms with E-state index in [1.165, 1.54) is 17.7 Å². The fourth-order valence-electron chi connectivity index (χ4n) is 3.08. The van der Waals surface area contributed by atoms with Crippen LogP contribution in [0.3, 0.4) is 0 Å². The summed E-state index contributed by atoms with van der Waals surface area (Å²) in [6.07, 6.45) is 2.94. The number of aliphatic hydroxyl groups excluding tert-OH is 1. The van der Waals surface area contributed by atoms with Crippen LogP contribution < -0.4 is 0 Å². The van der Waals surface area contributed by atoms with E-state index in [1.807, 2.05) is 12.3 Å². The maximum absolute atomic E-state index is 10.9. The van der Waals surface area contributed by atoms with Crippen LogP contribution >= 0.6 is 0 Å². The third-order valence-corrected chi connectivity index (χ3v) is 4.49. The number of aromatic nitrogens is 1. The van der Waals surface area contributed by atoms with E-state index in [-0.39, 0.29) is 5.69 Å². The monoisotopic (exact) mass is 342 g/mol. The average molecular weight is 342 g/mol. The molecule has 1 fully saturated rings. The Labute approximate surface area is 146 Å². The molecule has 7 heteroatoms. The summed E-state index contributed by atoms with van der Waals surface area (Å²) >= 11 is 0. The maximum atomic E-state index is 10.9. The van der Waals surface area contributed by atoms with Gasteiger partial charge in [-0.05, 0) is 17.2 Å². The number of hydrogen-bond donors (Lipinski definition) is 1. The molecule has 25 heavy (non-hydrogen) atoms.